The normalized spacial score (nSPS) is 24.4. The van der Waals surface area contributed by atoms with Gasteiger partial charge in [0.05, 0.1) is 0 Å². The van der Waals surface area contributed by atoms with Crippen LogP contribution in [-0.4, -0.2) is 30.8 Å². The highest BCUT2D eigenvalue weighted by molar-refractivity contribution is 5.84. The standard InChI is InChI=1S/C12H20N2O2/c15-11-3-1-9(2-4-11)12(16)14-10-5-7-13-8-6-10/h9-10,13H,1-8H2,(H,14,16). The molecule has 2 fully saturated rings. The van der Waals surface area contributed by atoms with Gasteiger partial charge in [0.1, 0.15) is 5.78 Å². The first-order chi connectivity index (χ1) is 7.75. The number of rotatable bonds is 2. The average Bonchev–Trinajstić information content (AvgIpc) is 2.31. The molecule has 90 valence electrons. The number of piperidine rings is 1. The van der Waals surface area contributed by atoms with Gasteiger partial charge < -0.3 is 10.6 Å². The molecule has 2 rings (SSSR count). The van der Waals surface area contributed by atoms with Crippen LogP contribution in [0.5, 0.6) is 0 Å². The molecule has 2 N–H and O–H groups in total. The fourth-order valence-corrected chi connectivity index (χ4v) is 2.49. The number of nitrogens with one attached hydrogen (secondary N) is 2. The van der Waals surface area contributed by atoms with Crippen molar-refractivity contribution < 1.29 is 9.59 Å². The van der Waals surface area contributed by atoms with E-state index in [1.54, 1.807) is 0 Å². The average molecular weight is 224 g/mol. The van der Waals surface area contributed by atoms with Gasteiger partial charge in [0.15, 0.2) is 0 Å². The van der Waals surface area contributed by atoms with Crippen LogP contribution < -0.4 is 10.6 Å². The molecule has 2 aliphatic rings. The molecule has 1 saturated heterocycles. The molecule has 1 aliphatic carbocycles. The van der Waals surface area contributed by atoms with E-state index in [0.29, 0.717) is 24.7 Å². The molecule has 0 radical (unpaired) electrons. The Morgan fingerprint density at radius 2 is 1.75 bits per heavy atom. The van der Waals surface area contributed by atoms with Crippen molar-refractivity contribution in [3.63, 3.8) is 0 Å². The number of Topliss-reactive ketones (excluding diaryl/α,β-unsaturated/α-hetero) is 1. The lowest BCUT2D eigenvalue weighted by atomic mass is 9.87. The van der Waals surface area contributed by atoms with Gasteiger partial charge in [-0.15, -0.1) is 0 Å². The lowest BCUT2D eigenvalue weighted by Gasteiger charge is -2.27. The van der Waals surface area contributed by atoms with Gasteiger partial charge >= 0.3 is 0 Å². The van der Waals surface area contributed by atoms with Gasteiger partial charge in [0.2, 0.25) is 5.91 Å². The van der Waals surface area contributed by atoms with Crippen molar-refractivity contribution in [2.24, 2.45) is 5.92 Å². The molecule has 0 aromatic heterocycles. The SMILES string of the molecule is O=C1CCC(C(=O)NC2CCNCC2)CC1. The molecule has 0 unspecified atom stereocenters. The van der Waals surface area contributed by atoms with Gasteiger partial charge in [0, 0.05) is 24.8 Å². The summed E-state index contributed by atoms with van der Waals surface area (Å²) < 4.78 is 0. The highest BCUT2D eigenvalue weighted by Crippen LogP contribution is 2.21. The minimum absolute atomic E-state index is 0.0765. The van der Waals surface area contributed by atoms with Crippen molar-refractivity contribution >= 4 is 11.7 Å². The van der Waals surface area contributed by atoms with E-state index in [4.69, 9.17) is 0 Å². The second-order valence-electron chi connectivity index (χ2n) is 4.85. The van der Waals surface area contributed by atoms with Crippen molar-refractivity contribution in [1.29, 1.82) is 0 Å². The third-order valence-corrected chi connectivity index (χ3v) is 3.60. The summed E-state index contributed by atoms with van der Waals surface area (Å²) in [6, 6.07) is 0.339. The summed E-state index contributed by atoms with van der Waals surface area (Å²) in [6.45, 7) is 1.99. The van der Waals surface area contributed by atoms with E-state index in [-0.39, 0.29) is 11.8 Å². The van der Waals surface area contributed by atoms with Gasteiger partial charge in [-0.2, -0.15) is 0 Å². The molecule has 4 nitrogen and oxygen atoms in total. The fraction of sp³-hybridized carbons (Fsp3) is 0.833. The van der Waals surface area contributed by atoms with Crippen molar-refractivity contribution in [3.05, 3.63) is 0 Å². The zero-order valence-corrected chi connectivity index (χ0v) is 9.63. The monoisotopic (exact) mass is 224 g/mol. The molecular weight excluding hydrogens is 204 g/mol. The zero-order chi connectivity index (χ0) is 11.4. The van der Waals surface area contributed by atoms with Crippen LogP contribution in [0.2, 0.25) is 0 Å². The number of ketones is 1. The number of hydrogen-bond donors (Lipinski definition) is 2. The van der Waals surface area contributed by atoms with E-state index in [9.17, 15) is 9.59 Å². The second-order valence-corrected chi connectivity index (χ2v) is 4.85. The Bertz CT molecular complexity index is 262. The quantitative estimate of drug-likeness (QED) is 0.722. The Hall–Kier alpha value is -0.900. The Kier molecular flexibility index (Phi) is 3.93. The minimum atomic E-state index is 0.0765. The second kappa shape index (κ2) is 5.43. The molecule has 4 heteroatoms. The zero-order valence-electron chi connectivity index (χ0n) is 9.63. The van der Waals surface area contributed by atoms with Crippen LogP contribution in [0.3, 0.4) is 0 Å². The van der Waals surface area contributed by atoms with E-state index in [1.165, 1.54) is 0 Å². The largest absolute Gasteiger partial charge is 0.353 e. The summed E-state index contributed by atoms with van der Waals surface area (Å²) in [7, 11) is 0. The van der Waals surface area contributed by atoms with E-state index in [1.807, 2.05) is 0 Å². The third-order valence-electron chi connectivity index (χ3n) is 3.60. The molecule has 0 bridgehead atoms. The predicted molar refractivity (Wildman–Crippen MR) is 61.0 cm³/mol. The minimum Gasteiger partial charge on any atom is -0.353 e. The molecule has 0 spiro atoms. The maximum Gasteiger partial charge on any atom is 0.223 e. The van der Waals surface area contributed by atoms with E-state index < -0.39 is 0 Å². The fourth-order valence-electron chi connectivity index (χ4n) is 2.49. The lowest BCUT2D eigenvalue weighted by Crippen LogP contribution is -2.45. The molecule has 1 aliphatic heterocycles. The summed E-state index contributed by atoms with van der Waals surface area (Å²) in [5, 5.41) is 6.39. The van der Waals surface area contributed by atoms with Gasteiger partial charge in [-0.25, -0.2) is 0 Å². The van der Waals surface area contributed by atoms with Crippen LogP contribution in [0, 0.1) is 5.92 Å². The summed E-state index contributed by atoms with van der Waals surface area (Å²) in [5.41, 5.74) is 0. The maximum absolute atomic E-state index is 11.9. The van der Waals surface area contributed by atoms with E-state index in [2.05, 4.69) is 10.6 Å². The summed E-state index contributed by atoms with van der Waals surface area (Å²) in [4.78, 5) is 23.0. The molecule has 0 atom stereocenters. The van der Waals surface area contributed by atoms with Gasteiger partial charge in [-0.05, 0) is 38.8 Å². The molecule has 1 heterocycles. The first kappa shape index (κ1) is 11.6. The van der Waals surface area contributed by atoms with Crippen LogP contribution >= 0.6 is 0 Å². The maximum atomic E-state index is 11.9. The highest BCUT2D eigenvalue weighted by atomic mass is 16.2. The number of carbonyl (C=O) groups excluding carboxylic acids is 2. The summed E-state index contributed by atoms with van der Waals surface area (Å²) in [6.07, 6.45) is 4.72. The van der Waals surface area contributed by atoms with Crippen molar-refractivity contribution in [1.82, 2.24) is 10.6 Å². The highest BCUT2D eigenvalue weighted by Gasteiger charge is 2.26. The summed E-state index contributed by atoms with van der Waals surface area (Å²) >= 11 is 0. The molecular formula is C12H20N2O2. The Labute approximate surface area is 96.2 Å². The van der Waals surface area contributed by atoms with Crippen LogP contribution in [0.15, 0.2) is 0 Å². The summed E-state index contributed by atoms with van der Waals surface area (Å²) in [5.74, 6) is 0.554. The van der Waals surface area contributed by atoms with Crippen molar-refractivity contribution in [2.45, 2.75) is 44.6 Å². The Morgan fingerprint density at radius 3 is 2.38 bits per heavy atom. The van der Waals surface area contributed by atoms with Crippen LogP contribution in [0.4, 0.5) is 0 Å². The Morgan fingerprint density at radius 1 is 1.12 bits per heavy atom. The molecule has 0 aromatic rings. The van der Waals surface area contributed by atoms with E-state index >= 15 is 0 Å². The first-order valence-corrected chi connectivity index (χ1v) is 6.28. The number of hydrogen-bond acceptors (Lipinski definition) is 3. The van der Waals surface area contributed by atoms with E-state index in [0.717, 1.165) is 38.8 Å². The molecule has 1 saturated carbocycles. The number of carbonyl (C=O) groups is 2. The van der Waals surface area contributed by atoms with Crippen molar-refractivity contribution in [2.75, 3.05) is 13.1 Å². The lowest BCUT2D eigenvalue weighted by molar-refractivity contribution is -0.129. The topological polar surface area (TPSA) is 58.2 Å². The van der Waals surface area contributed by atoms with Crippen LogP contribution in [0.25, 0.3) is 0 Å². The van der Waals surface area contributed by atoms with Gasteiger partial charge in [-0.1, -0.05) is 0 Å². The molecule has 1 amide bonds. The van der Waals surface area contributed by atoms with Crippen LogP contribution in [-0.2, 0) is 9.59 Å². The predicted octanol–water partition coefficient (Wildman–Crippen LogP) is 0.614. The smallest absolute Gasteiger partial charge is 0.223 e. The van der Waals surface area contributed by atoms with Crippen LogP contribution in [0.1, 0.15) is 38.5 Å². The molecule has 16 heavy (non-hydrogen) atoms. The first-order valence-electron chi connectivity index (χ1n) is 6.28. The van der Waals surface area contributed by atoms with Gasteiger partial charge in [-0.3, -0.25) is 9.59 Å². The number of amides is 1. The Balaban J connectivity index is 1.76. The van der Waals surface area contributed by atoms with Gasteiger partial charge in [0.25, 0.3) is 0 Å². The third kappa shape index (κ3) is 3.04. The molecule has 0 aromatic carbocycles. The van der Waals surface area contributed by atoms with Crippen molar-refractivity contribution in [3.8, 4) is 0 Å².